The van der Waals surface area contributed by atoms with E-state index in [1.54, 1.807) is 15.8 Å². The summed E-state index contributed by atoms with van der Waals surface area (Å²) in [5, 5.41) is 18.7. The number of hydrogen-bond acceptors (Lipinski definition) is 7. The number of rotatable bonds is 4. The summed E-state index contributed by atoms with van der Waals surface area (Å²) in [6.07, 6.45) is 4.53. The zero-order valence-corrected chi connectivity index (χ0v) is 19.3. The van der Waals surface area contributed by atoms with Crippen LogP contribution in [0.4, 0.5) is 22.0 Å². The van der Waals surface area contributed by atoms with Gasteiger partial charge in [0.15, 0.2) is 0 Å². The third kappa shape index (κ3) is 4.74. The van der Waals surface area contributed by atoms with Crippen molar-refractivity contribution in [1.82, 2.24) is 20.1 Å². The van der Waals surface area contributed by atoms with E-state index in [-0.39, 0.29) is 12.5 Å². The summed E-state index contributed by atoms with van der Waals surface area (Å²) in [4.78, 5) is 30.3. The molecule has 0 spiro atoms. The lowest BCUT2D eigenvalue weighted by molar-refractivity contribution is -0.122. The zero-order valence-electron chi connectivity index (χ0n) is 19.3. The minimum absolute atomic E-state index is 0.201. The Bertz CT molecular complexity index is 1170. The van der Waals surface area contributed by atoms with Crippen LogP contribution in [0.2, 0.25) is 0 Å². The topological polar surface area (TPSA) is 125 Å². The number of fused-ring (bicyclic) bond motifs is 2. The summed E-state index contributed by atoms with van der Waals surface area (Å²) >= 11 is 0. The normalized spacial score (nSPS) is 14.9. The average Bonchev–Trinajstić information content (AvgIpc) is 3.43. The van der Waals surface area contributed by atoms with E-state index in [0.717, 1.165) is 54.9 Å². The van der Waals surface area contributed by atoms with Gasteiger partial charge in [-0.05, 0) is 25.5 Å². The van der Waals surface area contributed by atoms with E-state index in [4.69, 9.17) is 14.6 Å². The van der Waals surface area contributed by atoms with Crippen molar-refractivity contribution in [2.75, 3.05) is 54.4 Å². The van der Waals surface area contributed by atoms with E-state index in [2.05, 4.69) is 31.7 Å². The number of hydrogen-bond donors (Lipinski definition) is 3. The van der Waals surface area contributed by atoms with E-state index >= 15 is 0 Å². The number of nitrogens with zero attached hydrogens (tertiary/aromatic N) is 5. The molecule has 1 saturated heterocycles. The Morgan fingerprint density at radius 2 is 2.06 bits per heavy atom. The second-order valence-electron chi connectivity index (χ2n) is 7.95. The predicted octanol–water partition coefficient (Wildman–Crippen LogP) is 2.07. The molecule has 1 fully saturated rings. The molecule has 2 amide bonds. The Kier molecular flexibility index (Phi) is 7.12. The quantitative estimate of drug-likeness (QED) is 0.498. The molecule has 180 valence electrons. The molecule has 11 heteroatoms. The lowest BCUT2D eigenvalue weighted by Crippen LogP contribution is -2.43. The molecular formula is C23H29N7O4. The molecule has 0 bridgehead atoms. The first-order valence-corrected chi connectivity index (χ1v) is 11.3. The highest BCUT2D eigenvalue weighted by Gasteiger charge is 2.30. The molecule has 0 aliphatic carbocycles. The minimum Gasteiger partial charge on any atom is -0.492 e. The number of carboxylic acid groups (broad SMARTS) is 1. The van der Waals surface area contributed by atoms with Crippen molar-refractivity contribution in [3.05, 3.63) is 36.2 Å². The number of ether oxygens (including phenoxy) is 1. The predicted molar refractivity (Wildman–Crippen MR) is 130 cm³/mol. The molecule has 5 rings (SSSR count). The highest BCUT2D eigenvalue weighted by Crippen LogP contribution is 2.35. The van der Waals surface area contributed by atoms with Gasteiger partial charge in [-0.15, -0.1) is 0 Å². The highest BCUT2D eigenvalue weighted by atomic mass is 16.5. The number of aromatic nitrogens is 3. The lowest BCUT2D eigenvalue weighted by atomic mass is 10.1. The van der Waals surface area contributed by atoms with Gasteiger partial charge in [-0.1, -0.05) is 0 Å². The van der Waals surface area contributed by atoms with Crippen LogP contribution < -0.4 is 25.2 Å². The molecule has 2 aromatic heterocycles. The van der Waals surface area contributed by atoms with Crippen LogP contribution in [0.3, 0.4) is 0 Å². The number of nitrogens with one attached hydrogen (secondary N) is 2. The summed E-state index contributed by atoms with van der Waals surface area (Å²) in [5.41, 5.74) is 3.80. The average molecular weight is 468 g/mol. The fraction of sp³-hybridized carbons (Fsp3) is 0.391. The fourth-order valence-corrected chi connectivity index (χ4v) is 4.40. The van der Waals surface area contributed by atoms with Gasteiger partial charge in [-0.25, -0.2) is 9.78 Å². The largest absolute Gasteiger partial charge is 0.492 e. The fourth-order valence-electron chi connectivity index (χ4n) is 4.40. The number of pyridine rings is 1. The van der Waals surface area contributed by atoms with Gasteiger partial charge in [0, 0.05) is 74.9 Å². The van der Waals surface area contributed by atoms with Gasteiger partial charge in [0.2, 0.25) is 0 Å². The maximum Gasteiger partial charge on any atom is 0.327 e. The van der Waals surface area contributed by atoms with Crippen LogP contribution in [0.1, 0.15) is 12.5 Å². The van der Waals surface area contributed by atoms with Gasteiger partial charge >= 0.3 is 6.03 Å². The number of benzene rings is 1. The molecule has 34 heavy (non-hydrogen) atoms. The Labute approximate surface area is 197 Å². The van der Waals surface area contributed by atoms with Crippen LogP contribution >= 0.6 is 0 Å². The van der Waals surface area contributed by atoms with E-state index in [1.165, 1.54) is 5.69 Å². The van der Waals surface area contributed by atoms with Gasteiger partial charge in [0.05, 0.1) is 17.8 Å². The number of carbonyl (C=O) groups excluding carboxylic acids is 1. The first-order chi connectivity index (χ1) is 16.5. The Morgan fingerprint density at radius 3 is 2.79 bits per heavy atom. The van der Waals surface area contributed by atoms with Gasteiger partial charge in [0.1, 0.15) is 11.6 Å². The van der Waals surface area contributed by atoms with Crippen molar-refractivity contribution >= 4 is 40.6 Å². The monoisotopic (exact) mass is 467 g/mol. The molecule has 0 unspecified atom stereocenters. The second kappa shape index (κ2) is 10.4. The summed E-state index contributed by atoms with van der Waals surface area (Å²) in [6, 6.07) is 5.64. The molecule has 2 aliphatic heterocycles. The number of amides is 2. The third-order valence-corrected chi connectivity index (χ3v) is 5.81. The lowest BCUT2D eigenvalue weighted by Gasteiger charge is -2.31. The van der Waals surface area contributed by atoms with E-state index in [0.29, 0.717) is 24.6 Å². The van der Waals surface area contributed by atoms with Crippen LogP contribution in [0, 0.1) is 0 Å². The standard InChI is InChI=1S/C22H27N7O2.CH2O2/c1-3-31-20-13-17-15(14-27(2)26-17)12-18(20)25-22(30)29-9-5-16-19(4-6-24-21(16)29)28-10-7-23-8-11-28;2-1-3/h4,6,12-14,23H,3,5,7-11H2,1-2H3,(H,25,30);1H,(H,2,3). The van der Waals surface area contributed by atoms with Gasteiger partial charge in [-0.3, -0.25) is 14.4 Å². The number of urea groups is 1. The van der Waals surface area contributed by atoms with Gasteiger partial charge in [0.25, 0.3) is 6.47 Å². The molecular weight excluding hydrogens is 438 g/mol. The third-order valence-electron chi connectivity index (χ3n) is 5.81. The van der Waals surface area contributed by atoms with Crippen molar-refractivity contribution in [1.29, 1.82) is 0 Å². The van der Waals surface area contributed by atoms with Gasteiger partial charge in [-0.2, -0.15) is 5.10 Å². The molecule has 0 atom stereocenters. The van der Waals surface area contributed by atoms with E-state index in [1.807, 2.05) is 32.3 Å². The van der Waals surface area contributed by atoms with Crippen LogP contribution in [0.25, 0.3) is 10.9 Å². The Hall–Kier alpha value is -3.86. The van der Waals surface area contributed by atoms with Gasteiger partial charge < -0.3 is 25.4 Å². The van der Waals surface area contributed by atoms with E-state index < -0.39 is 0 Å². The van der Waals surface area contributed by atoms with E-state index in [9.17, 15) is 4.79 Å². The van der Waals surface area contributed by atoms with Crippen LogP contribution in [-0.2, 0) is 18.3 Å². The van der Waals surface area contributed by atoms with Crippen molar-refractivity contribution < 1.29 is 19.4 Å². The zero-order chi connectivity index (χ0) is 24.1. The number of carbonyl (C=O) groups is 2. The maximum absolute atomic E-state index is 13.2. The molecule has 3 aromatic rings. The number of piperazine rings is 1. The van der Waals surface area contributed by atoms with Crippen molar-refractivity contribution in [2.24, 2.45) is 7.05 Å². The number of aryl methyl sites for hydroxylation is 1. The smallest absolute Gasteiger partial charge is 0.327 e. The van der Waals surface area contributed by atoms with Crippen molar-refractivity contribution in [2.45, 2.75) is 13.3 Å². The maximum atomic E-state index is 13.2. The van der Waals surface area contributed by atoms with Crippen molar-refractivity contribution in [3.8, 4) is 5.75 Å². The molecule has 0 radical (unpaired) electrons. The van der Waals surface area contributed by atoms with Crippen LogP contribution in [0.5, 0.6) is 5.75 Å². The van der Waals surface area contributed by atoms with Crippen LogP contribution in [0.15, 0.2) is 30.6 Å². The van der Waals surface area contributed by atoms with Crippen LogP contribution in [-0.4, -0.2) is 71.7 Å². The molecule has 1 aromatic carbocycles. The SMILES string of the molecule is CCOc1cc2nn(C)cc2cc1NC(=O)N1CCc2c(N3CCNCC3)ccnc21.O=CO. The molecule has 2 aliphatic rings. The Morgan fingerprint density at radius 1 is 1.29 bits per heavy atom. The Balaban J connectivity index is 0.000000868. The molecule has 3 N–H and O–H groups in total. The highest BCUT2D eigenvalue weighted by molar-refractivity contribution is 6.05. The minimum atomic E-state index is -0.250. The summed E-state index contributed by atoms with van der Waals surface area (Å²) < 4.78 is 7.53. The summed E-state index contributed by atoms with van der Waals surface area (Å²) in [5.74, 6) is 1.36. The second-order valence-corrected chi connectivity index (χ2v) is 7.95. The first kappa shape index (κ1) is 23.3. The molecule has 0 saturated carbocycles. The van der Waals surface area contributed by atoms with Crippen molar-refractivity contribution in [3.63, 3.8) is 0 Å². The molecule has 4 heterocycles. The number of anilines is 3. The first-order valence-electron chi connectivity index (χ1n) is 11.3. The molecule has 11 nitrogen and oxygen atoms in total. The summed E-state index contributed by atoms with van der Waals surface area (Å²) in [7, 11) is 1.88. The summed E-state index contributed by atoms with van der Waals surface area (Å²) in [6.45, 7) is 6.65.